The van der Waals surface area contributed by atoms with Gasteiger partial charge in [0.25, 0.3) is 0 Å². The Morgan fingerprint density at radius 1 is 1.24 bits per heavy atom. The zero-order valence-electron chi connectivity index (χ0n) is 10.0. The first-order valence-electron chi connectivity index (χ1n) is 6.58. The normalized spacial score (nSPS) is 30.4. The van der Waals surface area contributed by atoms with Gasteiger partial charge < -0.3 is 9.84 Å². The average Bonchev–Trinajstić information content (AvgIpc) is 2.90. The summed E-state index contributed by atoms with van der Waals surface area (Å²) in [7, 11) is 0. The maximum atomic E-state index is 5.42. The van der Waals surface area contributed by atoms with E-state index in [-0.39, 0.29) is 0 Å². The lowest BCUT2D eigenvalue weighted by molar-refractivity contribution is 0.295. The number of rotatable bonds is 2. The van der Waals surface area contributed by atoms with Crippen molar-refractivity contribution in [3.8, 4) is 0 Å². The molecule has 4 nitrogen and oxygen atoms in total. The van der Waals surface area contributed by atoms with E-state index < -0.39 is 0 Å². The molecule has 2 unspecified atom stereocenters. The van der Waals surface area contributed by atoms with Crippen LogP contribution < -0.4 is 5.32 Å². The van der Waals surface area contributed by atoms with Crippen LogP contribution in [0.25, 0.3) is 0 Å². The standard InChI is InChI=1S/C12H19N3OS/c1-2-6-13-10(5-1)12-14-11(15-16-12)9-4-3-7-17-8-9/h9-10,13H,1-8H2. The van der Waals surface area contributed by atoms with E-state index in [1.54, 1.807) is 0 Å². The topological polar surface area (TPSA) is 51.0 Å². The van der Waals surface area contributed by atoms with E-state index >= 15 is 0 Å². The van der Waals surface area contributed by atoms with Crippen LogP contribution in [0, 0.1) is 0 Å². The van der Waals surface area contributed by atoms with Crippen LogP contribution in [-0.4, -0.2) is 28.2 Å². The fraction of sp³-hybridized carbons (Fsp3) is 0.833. The largest absolute Gasteiger partial charge is 0.338 e. The maximum Gasteiger partial charge on any atom is 0.243 e. The zero-order valence-corrected chi connectivity index (χ0v) is 10.8. The lowest BCUT2D eigenvalue weighted by atomic mass is 10.0. The van der Waals surface area contributed by atoms with Crippen molar-refractivity contribution in [2.24, 2.45) is 0 Å². The van der Waals surface area contributed by atoms with Gasteiger partial charge in [0.15, 0.2) is 5.82 Å². The molecule has 3 heterocycles. The van der Waals surface area contributed by atoms with Crippen molar-refractivity contribution in [3.05, 3.63) is 11.7 Å². The third kappa shape index (κ3) is 2.65. The van der Waals surface area contributed by atoms with Gasteiger partial charge in [0.2, 0.25) is 5.89 Å². The molecule has 3 rings (SSSR count). The molecule has 0 radical (unpaired) electrons. The van der Waals surface area contributed by atoms with Crippen molar-refractivity contribution in [2.75, 3.05) is 18.1 Å². The minimum Gasteiger partial charge on any atom is -0.338 e. The number of hydrogen-bond donors (Lipinski definition) is 1. The van der Waals surface area contributed by atoms with Crippen LogP contribution in [0.5, 0.6) is 0 Å². The van der Waals surface area contributed by atoms with Gasteiger partial charge in [-0.2, -0.15) is 16.7 Å². The Morgan fingerprint density at radius 3 is 3.00 bits per heavy atom. The monoisotopic (exact) mass is 253 g/mol. The molecule has 94 valence electrons. The molecule has 1 aromatic heterocycles. The van der Waals surface area contributed by atoms with Crippen LogP contribution in [0.15, 0.2) is 4.52 Å². The van der Waals surface area contributed by atoms with Gasteiger partial charge in [-0.25, -0.2) is 0 Å². The highest BCUT2D eigenvalue weighted by atomic mass is 32.2. The Kier molecular flexibility index (Phi) is 3.66. The van der Waals surface area contributed by atoms with E-state index in [0.717, 1.165) is 30.4 Å². The molecule has 2 aliphatic heterocycles. The molecule has 0 aliphatic carbocycles. The molecule has 0 spiro atoms. The second kappa shape index (κ2) is 5.40. The van der Waals surface area contributed by atoms with Crippen molar-refractivity contribution in [1.82, 2.24) is 15.5 Å². The van der Waals surface area contributed by atoms with Crippen LogP contribution in [0.1, 0.15) is 55.8 Å². The van der Waals surface area contributed by atoms with Crippen LogP contribution in [0.4, 0.5) is 0 Å². The fourth-order valence-electron chi connectivity index (χ4n) is 2.56. The molecule has 0 bridgehead atoms. The number of nitrogens with zero attached hydrogens (tertiary/aromatic N) is 2. The summed E-state index contributed by atoms with van der Waals surface area (Å²) in [5.74, 6) is 4.67. The Labute approximate surface area is 106 Å². The van der Waals surface area contributed by atoms with Crippen LogP contribution in [0.2, 0.25) is 0 Å². The second-order valence-electron chi connectivity index (χ2n) is 4.91. The summed E-state index contributed by atoms with van der Waals surface area (Å²) in [6, 6.07) is 0.293. The molecule has 0 amide bonds. The van der Waals surface area contributed by atoms with Crippen molar-refractivity contribution in [3.63, 3.8) is 0 Å². The Hall–Kier alpha value is -0.550. The summed E-state index contributed by atoms with van der Waals surface area (Å²) >= 11 is 2.01. The molecule has 2 aliphatic rings. The summed E-state index contributed by atoms with van der Waals surface area (Å²) in [6.07, 6.45) is 6.14. The molecule has 1 N–H and O–H groups in total. The summed E-state index contributed by atoms with van der Waals surface area (Å²) in [6.45, 7) is 1.07. The first-order valence-corrected chi connectivity index (χ1v) is 7.73. The lowest BCUT2D eigenvalue weighted by Gasteiger charge is -2.20. The van der Waals surface area contributed by atoms with Crippen LogP contribution in [0.3, 0.4) is 0 Å². The third-order valence-electron chi connectivity index (χ3n) is 3.59. The molecular formula is C12H19N3OS. The minimum absolute atomic E-state index is 0.293. The predicted molar refractivity (Wildman–Crippen MR) is 68.2 cm³/mol. The van der Waals surface area contributed by atoms with Crippen molar-refractivity contribution in [2.45, 2.75) is 44.1 Å². The molecule has 2 saturated heterocycles. The van der Waals surface area contributed by atoms with Crippen molar-refractivity contribution >= 4 is 11.8 Å². The number of nitrogens with one attached hydrogen (secondary N) is 1. The van der Waals surface area contributed by atoms with Gasteiger partial charge in [-0.1, -0.05) is 11.6 Å². The number of piperidine rings is 1. The van der Waals surface area contributed by atoms with Crippen LogP contribution >= 0.6 is 11.8 Å². The van der Waals surface area contributed by atoms with Gasteiger partial charge in [0, 0.05) is 11.7 Å². The van der Waals surface area contributed by atoms with E-state index in [0.29, 0.717) is 12.0 Å². The van der Waals surface area contributed by atoms with E-state index in [1.165, 1.54) is 31.4 Å². The first-order chi connectivity index (χ1) is 8.43. The number of hydrogen-bond acceptors (Lipinski definition) is 5. The predicted octanol–water partition coefficient (Wildman–Crippen LogP) is 2.49. The van der Waals surface area contributed by atoms with Crippen molar-refractivity contribution < 1.29 is 4.52 Å². The lowest BCUT2D eigenvalue weighted by Crippen LogP contribution is -2.27. The summed E-state index contributed by atoms with van der Waals surface area (Å²) < 4.78 is 5.42. The van der Waals surface area contributed by atoms with E-state index in [2.05, 4.69) is 15.5 Å². The van der Waals surface area contributed by atoms with Crippen molar-refractivity contribution in [1.29, 1.82) is 0 Å². The molecule has 0 saturated carbocycles. The first kappa shape index (κ1) is 11.5. The SMILES string of the molecule is C1CCC(c2nc(C3CCCSC3)no2)NC1. The molecule has 5 heteroatoms. The third-order valence-corrected chi connectivity index (χ3v) is 4.81. The Balaban J connectivity index is 1.68. The highest BCUT2D eigenvalue weighted by Crippen LogP contribution is 2.30. The fourth-order valence-corrected chi connectivity index (χ4v) is 3.70. The van der Waals surface area contributed by atoms with Crippen LogP contribution in [-0.2, 0) is 0 Å². The summed E-state index contributed by atoms with van der Waals surface area (Å²) in [5.41, 5.74) is 0. The van der Waals surface area contributed by atoms with Gasteiger partial charge >= 0.3 is 0 Å². The quantitative estimate of drug-likeness (QED) is 0.877. The number of thioether (sulfide) groups is 1. The Bertz CT molecular complexity index is 324. The van der Waals surface area contributed by atoms with Gasteiger partial charge in [0.1, 0.15) is 0 Å². The van der Waals surface area contributed by atoms with Gasteiger partial charge in [-0.15, -0.1) is 0 Å². The average molecular weight is 253 g/mol. The summed E-state index contributed by atoms with van der Waals surface area (Å²) in [4.78, 5) is 4.60. The smallest absolute Gasteiger partial charge is 0.243 e. The van der Waals surface area contributed by atoms with Gasteiger partial charge in [-0.3, -0.25) is 0 Å². The molecule has 17 heavy (non-hydrogen) atoms. The Morgan fingerprint density at radius 2 is 2.24 bits per heavy atom. The highest BCUT2D eigenvalue weighted by molar-refractivity contribution is 7.99. The maximum absolute atomic E-state index is 5.42. The summed E-state index contributed by atoms with van der Waals surface area (Å²) in [5, 5.41) is 7.63. The van der Waals surface area contributed by atoms with E-state index in [4.69, 9.17) is 4.52 Å². The number of aromatic nitrogens is 2. The molecule has 2 fully saturated rings. The zero-order chi connectivity index (χ0) is 11.5. The van der Waals surface area contributed by atoms with Gasteiger partial charge in [-0.05, 0) is 38.0 Å². The van der Waals surface area contributed by atoms with E-state index in [9.17, 15) is 0 Å². The minimum atomic E-state index is 0.293. The molecule has 1 aromatic rings. The van der Waals surface area contributed by atoms with E-state index in [1.807, 2.05) is 11.8 Å². The molecular weight excluding hydrogens is 234 g/mol. The molecule has 2 atom stereocenters. The highest BCUT2D eigenvalue weighted by Gasteiger charge is 2.25. The molecule has 0 aromatic carbocycles. The van der Waals surface area contributed by atoms with Gasteiger partial charge in [0.05, 0.1) is 6.04 Å². The second-order valence-corrected chi connectivity index (χ2v) is 6.06.